The van der Waals surface area contributed by atoms with Crippen molar-refractivity contribution in [2.24, 2.45) is 4.99 Å². The molecule has 124 valence electrons. The topological polar surface area (TPSA) is 75.3 Å². The number of aliphatic imine (C=N–C) groups is 1. The van der Waals surface area contributed by atoms with Crippen LogP contribution >= 0.6 is 23.2 Å². The quantitative estimate of drug-likeness (QED) is 0.473. The van der Waals surface area contributed by atoms with Crippen molar-refractivity contribution in [2.75, 3.05) is 13.6 Å². The Morgan fingerprint density at radius 1 is 1.30 bits per heavy atom. The molecule has 6 nitrogen and oxygen atoms in total. The van der Waals surface area contributed by atoms with Crippen molar-refractivity contribution in [3.63, 3.8) is 0 Å². The third-order valence-corrected chi connectivity index (χ3v) is 3.70. The van der Waals surface area contributed by atoms with Gasteiger partial charge in [0.2, 0.25) is 5.89 Å². The molecule has 0 spiro atoms. The van der Waals surface area contributed by atoms with Crippen molar-refractivity contribution in [1.82, 2.24) is 20.8 Å². The van der Waals surface area contributed by atoms with E-state index in [1.807, 2.05) is 12.1 Å². The fourth-order valence-electron chi connectivity index (χ4n) is 1.95. The number of guanidine groups is 1. The first-order valence-electron chi connectivity index (χ1n) is 7.26. The number of hydrogen-bond donors (Lipinski definition) is 2. The number of hydrogen-bond acceptors (Lipinski definition) is 4. The molecular weight excluding hydrogens is 337 g/mol. The van der Waals surface area contributed by atoms with Gasteiger partial charge in [-0.3, -0.25) is 4.99 Å². The van der Waals surface area contributed by atoms with E-state index in [2.05, 4.69) is 25.8 Å². The van der Waals surface area contributed by atoms with Crippen LogP contribution < -0.4 is 10.6 Å². The van der Waals surface area contributed by atoms with Crippen molar-refractivity contribution in [3.8, 4) is 0 Å². The van der Waals surface area contributed by atoms with Crippen LogP contribution in [0.3, 0.4) is 0 Å². The molecular formula is C15H19Cl2N5O. The Hall–Kier alpha value is -1.79. The minimum absolute atomic E-state index is 0.568. The Kier molecular flexibility index (Phi) is 6.67. The number of nitrogens with one attached hydrogen (secondary N) is 2. The third-order valence-electron chi connectivity index (χ3n) is 3.11. The van der Waals surface area contributed by atoms with Gasteiger partial charge in [-0.15, -0.1) is 0 Å². The standard InChI is InChI=1S/C15H19Cl2N5O/c1-10-21-14(23-22-10)4-3-7-19-15(18-2)20-9-11-5-6-12(16)8-13(11)17/h5-6,8H,3-4,7,9H2,1-2H3,(H2,18,19,20). The van der Waals surface area contributed by atoms with Crippen LogP contribution in [-0.2, 0) is 13.0 Å². The van der Waals surface area contributed by atoms with E-state index in [4.69, 9.17) is 27.7 Å². The molecule has 0 saturated carbocycles. The predicted octanol–water partition coefficient (Wildman–Crippen LogP) is 2.98. The SMILES string of the molecule is CN=C(NCCCc1nc(C)no1)NCc1ccc(Cl)cc1Cl. The van der Waals surface area contributed by atoms with E-state index in [1.165, 1.54) is 0 Å². The molecule has 0 radical (unpaired) electrons. The molecule has 0 saturated heterocycles. The lowest BCUT2D eigenvalue weighted by molar-refractivity contribution is 0.372. The molecule has 1 heterocycles. The first kappa shape index (κ1) is 17.6. The fraction of sp³-hybridized carbons (Fsp3) is 0.400. The van der Waals surface area contributed by atoms with E-state index >= 15 is 0 Å². The Bertz CT molecular complexity index is 672. The van der Waals surface area contributed by atoms with Gasteiger partial charge in [0.25, 0.3) is 0 Å². The zero-order valence-corrected chi connectivity index (χ0v) is 14.6. The molecule has 0 aliphatic rings. The summed E-state index contributed by atoms with van der Waals surface area (Å²) in [5.41, 5.74) is 0.959. The van der Waals surface area contributed by atoms with E-state index < -0.39 is 0 Å². The maximum absolute atomic E-state index is 6.14. The number of nitrogens with zero attached hydrogens (tertiary/aromatic N) is 3. The van der Waals surface area contributed by atoms with Gasteiger partial charge >= 0.3 is 0 Å². The molecule has 0 unspecified atom stereocenters. The summed E-state index contributed by atoms with van der Waals surface area (Å²) < 4.78 is 5.07. The van der Waals surface area contributed by atoms with Crippen LogP contribution in [0, 0.1) is 6.92 Å². The second-order valence-electron chi connectivity index (χ2n) is 4.93. The second kappa shape index (κ2) is 8.74. The second-order valence-corrected chi connectivity index (χ2v) is 5.77. The maximum Gasteiger partial charge on any atom is 0.226 e. The lowest BCUT2D eigenvalue weighted by Gasteiger charge is -2.12. The largest absolute Gasteiger partial charge is 0.356 e. The highest BCUT2D eigenvalue weighted by Gasteiger charge is 2.04. The van der Waals surface area contributed by atoms with Crippen molar-refractivity contribution in [3.05, 3.63) is 45.5 Å². The fourth-order valence-corrected chi connectivity index (χ4v) is 2.43. The predicted molar refractivity (Wildman–Crippen MR) is 92.0 cm³/mol. The Labute approximate surface area is 145 Å². The summed E-state index contributed by atoms with van der Waals surface area (Å²) in [5.74, 6) is 2.02. The number of halogens is 2. The Balaban J connectivity index is 1.73. The number of aryl methyl sites for hydroxylation is 2. The van der Waals surface area contributed by atoms with E-state index in [0.717, 1.165) is 24.9 Å². The normalized spacial score (nSPS) is 11.6. The van der Waals surface area contributed by atoms with Crippen molar-refractivity contribution in [2.45, 2.75) is 26.3 Å². The van der Waals surface area contributed by atoms with Crippen LogP contribution in [0.15, 0.2) is 27.7 Å². The molecule has 1 aromatic carbocycles. The number of aromatic nitrogens is 2. The van der Waals surface area contributed by atoms with Crippen LogP contribution in [0.4, 0.5) is 0 Å². The van der Waals surface area contributed by atoms with Crippen molar-refractivity contribution >= 4 is 29.2 Å². The summed E-state index contributed by atoms with van der Waals surface area (Å²) in [6, 6.07) is 5.43. The van der Waals surface area contributed by atoms with Gasteiger partial charge in [0.15, 0.2) is 11.8 Å². The van der Waals surface area contributed by atoms with Gasteiger partial charge in [0, 0.05) is 36.6 Å². The molecule has 23 heavy (non-hydrogen) atoms. The average molecular weight is 356 g/mol. The van der Waals surface area contributed by atoms with E-state index in [0.29, 0.717) is 34.3 Å². The van der Waals surface area contributed by atoms with Gasteiger partial charge in [0.05, 0.1) is 0 Å². The Morgan fingerprint density at radius 3 is 2.78 bits per heavy atom. The summed E-state index contributed by atoms with van der Waals surface area (Å²) in [5, 5.41) is 11.5. The summed E-state index contributed by atoms with van der Waals surface area (Å²) in [6.07, 6.45) is 1.60. The minimum Gasteiger partial charge on any atom is -0.356 e. The van der Waals surface area contributed by atoms with Crippen LogP contribution in [0.25, 0.3) is 0 Å². The average Bonchev–Trinajstić information content (AvgIpc) is 2.93. The molecule has 0 amide bonds. The summed E-state index contributed by atoms with van der Waals surface area (Å²) in [7, 11) is 1.72. The lowest BCUT2D eigenvalue weighted by Crippen LogP contribution is -2.37. The first-order chi connectivity index (χ1) is 11.1. The van der Waals surface area contributed by atoms with Crippen LogP contribution in [-0.4, -0.2) is 29.7 Å². The maximum atomic E-state index is 6.14. The molecule has 0 fully saturated rings. The molecule has 0 atom stereocenters. The first-order valence-corrected chi connectivity index (χ1v) is 8.01. The van der Waals surface area contributed by atoms with E-state index in [-0.39, 0.29) is 0 Å². The number of benzene rings is 1. The molecule has 0 aliphatic heterocycles. The molecule has 0 aliphatic carbocycles. The van der Waals surface area contributed by atoms with Crippen molar-refractivity contribution < 1.29 is 4.52 Å². The van der Waals surface area contributed by atoms with E-state index in [9.17, 15) is 0 Å². The highest BCUT2D eigenvalue weighted by Crippen LogP contribution is 2.20. The van der Waals surface area contributed by atoms with Crippen molar-refractivity contribution in [1.29, 1.82) is 0 Å². The smallest absolute Gasteiger partial charge is 0.226 e. The highest BCUT2D eigenvalue weighted by atomic mass is 35.5. The van der Waals surface area contributed by atoms with Gasteiger partial charge < -0.3 is 15.2 Å². The molecule has 8 heteroatoms. The monoisotopic (exact) mass is 355 g/mol. The van der Waals surface area contributed by atoms with Crippen LogP contribution in [0.1, 0.15) is 23.7 Å². The van der Waals surface area contributed by atoms with Gasteiger partial charge in [-0.2, -0.15) is 4.98 Å². The van der Waals surface area contributed by atoms with Crippen LogP contribution in [0.5, 0.6) is 0 Å². The molecule has 1 aromatic heterocycles. The molecule has 0 bridgehead atoms. The summed E-state index contributed by atoms with van der Waals surface area (Å²) in [6.45, 7) is 3.12. The molecule has 2 rings (SSSR count). The summed E-state index contributed by atoms with van der Waals surface area (Å²) >= 11 is 12.0. The number of rotatable bonds is 6. The zero-order chi connectivity index (χ0) is 16.7. The lowest BCUT2D eigenvalue weighted by atomic mass is 10.2. The highest BCUT2D eigenvalue weighted by molar-refractivity contribution is 6.35. The van der Waals surface area contributed by atoms with Gasteiger partial charge in [0.1, 0.15) is 0 Å². The third kappa shape index (κ3) is 5.73. The van der Waals surface area contributed by atoms with Gasteiger partial charge in [-0.25, -0.2) is 0 Å². The van der Waals surface area contributed by atoms with Gasteiger partial charge in [-0.05, 0) is 31.0 Å². The van der Waals surface area contributed by atoms with Gasteiger partial charge in [-0.1, -0.05) is 34.4 Å². The zero-order valence-electron chi connectivity index (χ0n) is 13.1. The van der Waals surface area contributed by atoms with E-state index in [1.54, 1.807) is 20.0 Å². The molecule has 2 aromatic rings. The minimum atomic E-state index is 0.568. The van der Waals surface area contributed by atoms with Crippen LogP contribution in [0.2, 0.25) is 10.0 Å². The Morgan fingerprint density at radius 2 is 2.13 bits per heavy atom. The summed E-state index contributed by atoms with van der Waals surface area (Å²) in [4.78, 5) is 8.34. The molecule has 2 N–H and O–H groups in total.